The highest BCUT2D eigenvalue weighted by Crippen LogP contribution is 2.27. The number of hydrogen-bond donors (Lipinski definition) is 1. The van der Waals surface area contributed by atoms with E-state index in [1.165, 1.54) is 0 Å². The first-order valence-corrected chi connectivity index (χ1v) is 9.16. The van der Waals surface area contributed by atoms with Crippen LogP contribution in [-0.4, -0.2) is 29.7 Å². The van der Waals surface area contributed by atoms with Gasteiger partial charge in [-0.2, -0.15) is 0 Å². The van der Waals surface area contributed by atoms with Crippen LogP contribution < -0.4 is 10.1 Å². The average molecular weight is 415 g/mol. The molecule has 7 nitrogen and oxygen atoms in total. The second kappa shape index (κ2) is 10.2. The maximum Gasteiger partial charge on any atom is 0.306 e. The van der Waals surface area contributed by atoms with Crippen molar-refractivity contribution in [2.24, 2.45) is 0 Å². The summed E-state index contributed by atoms with van der Waals surface area (Å²) in [6.45, 7) is 3.73. The predicted octanol–water partition coefficient (Wildman–Crippen LogP) is 4.41. The summed E-state index contributed by atoms with van der Waals surface area (Å²) in [5.74, 6) is 0.391. The van der Waals surface area contributed by atoms with Crippen LogP contribution in [0.25, 0.3) is 0 Å². The summed E-state index contributed by atoms with van der Waals surface area (Å²) in [5, 5.41) is 7.13. The fourth-order valence-electron chi connectivity index (χ4n) is 2.16. The van der Waals surface area contributed by atoms with Gasteiger partial charge in [0.25, 0.3) is 5.91 Å². The van der Waals surface area contributed by atoms with Crippen molar-refractivity contribution >= 4 is 40.9 Å². The Morgan fingerprint density at radius 2 is 2.07 bits per heavy atom. The summed E-state index contributed by atoms with van der Waals surface area (Å²) in [5.41, 5.74) is 0. The fraction of sp³-hybridized carbons (Fsp3) is 0.389. The Labute approximate surface area is 166 Å². The molecule has 0 fully saturated rings. The zero-order valence-electron chi connectivity index (χ0n) is 15.0. The highest BCUT2D eigenvalue weighted by molar-refractivity contribution is 6.35. The molecule has 0 spiro atoms. The van der Waals surface area contributed by atoms with Crippen molar-refractivity contribution in [3.63, 3.8) is 0 Å². The number of aryl methyl sites for hydroxylation is 1. The SMILES string of the molecule is CCC(OC(=O)CCCOc1ccc(Cl)cc1Cl)C(=O)Nc1cc(C)on1. The van der Waals surface area contributed by atoms with Crippen molar-refractivity contribution in [3.8, 4) is 5.75 Å². The number of nitrogens with zero attached hydrogens (tertiary/aromatic N) is 1. The van der Waals surface area contributed by atoms with Gasteiger partial charge in [-0.05, 0) is 38.0 Å². The van der Waals surface area contributed by atoms with E-state index in [1.54, 1.807) is 38.1 Å². The van der Waals surface area contributed by atoms with Gasteiger partial charge < -0.3 is 19.3 Å². The molecule has 0 aliphatic heterocycles. The van der Waals surface area contributed by atoms with Crippen LogP contribution in [-0.2, 0) is 14.3 Å². The van der Waals surface area contributed by atoms with Gasteiger partial charge >= 0.3 is 5.97 Å². The molecule has 27 heavy (non-hydrogen) atoms. The Kier molecular flexibility index (Phi) is 7.94. The lowest BCUT2D eigenvalue weighted by molar-refractivity contribution is -0.154. The standard InChI is InChI=1S/C18H20Cl2N2O5/c1-3-14(18(24)21-16-9-11(2)27-22-16)26-17(23)5-4-8-25-15-7-6-12(19)10-13(15)20/h6-7,9-10,14H,3-5,8H2,1-2H3,(H,21,22,24). The Balaban J connectivity index is 1.73. The van der Waals surface area contributed by atoms with Crippen molar-refractivity contribution in [1.82, 2.24) is 5.16 Å². The topological polar surface area (TPSA) is 90.7 Å². The minimum Gasteiger partial charge on any atom is -0.492 e. The number of nitrogens with one attached hydrogen (secondary N) is 1. The third-order valence-corrected chi connectivity index (χ3v) is 4.02. The minimum atomic E-state index is -0.902. The van der Waals surface area contributed by atoms with Crippen LogP contribution in [0, 0.1) is 6.92 Å². The molecule has 146 valence electrons. The molecule has 1 heterocycles. The van der Waals surface area contributed by atoms with E-state index < -0.39 is 18.0 Å². The Hall–Kier alpha value is -2.25. The van der Waals surface area contributed by atoms with Gasteiger partial charge in [0.1, 0.15) is 11.5 Å². The summed E-state index contributed by atoms with van der Waals surface area (Å²) in [4.78, 5) is 24.1. The molecule has 1 aromatic carbocycles. The van der Waals surface area contributed by atoms with Crippen molar-refractivity contribution in [2.75, 3.05) is 11.9 Å². The van der Waals surface area contributed by atoms with Gasteiger partial charge in [-0.1, -0.05) is 35.3 Å². The van der Waals surface area contributed by atoms with Crippen molar-refractivity contribution in [1.29, 1.82) is 0 Å². The van der Waals surface area contributed by atoms with E-state index in [0.717, 1.165) is 0 Å². The largest absolute Gasteiger partial charge is 0.492 e. The van der Waals surface area contributed by atoms with Gasteiger partial charge in [0.05, 0.1) is 11.6 Å². The van der Waals surface area contributed by atoms with E-state index in [4.69, 9.17) is 37.2 Å². The molecule has 2 aromatic rings. The predicted molar refractivity (Wildman–Crippen MR) is 101 cm³/mol. The number of esters is 1. The lowest BCUT2D eigenvalue weighted by atomic mass is 10.2. The van der Waals surface area contributed by atoms with Crippen LogP contribution in [0.1, 0.15) is 31.9 Å². The maximum absolute atomic E-state index is 12.1. The van der Waals surface area contributed by atoms with E-state index in [2.05, 4.69) is 10.5 Å². The quantitative estimate of drug-likeness (QED) is 0.482. The molecular weight excluding hydrogens is 395 g/mol. The van der Waals surface area contributed by atoms with Gasteiger partial charge in [0.15, 0.2) is 11.9 Å². The first-order valence-electron chi connectivity index (χ1n) is 8.40. The summed E-state index contributed by atoms with van der Waals surface area (Å²) < 4.78 is 15.6. The highest BCUT2D eigenvalue weighted by Gasteiger charge is 2.22. The zero-order chi connectivity index (χ0) is 19.8. The second-order valence-corrected chi connectivity index (χ2v) is 6.57. The molecule has 0 aliphatic carbocycles. The van der Waals surface area contributed by atoms with Crippen LogP contribution >= 0.6 is 23.2 Å². The van der Waals surface area contributed by atoms with Crippen molar-refractivity contribution in [3.05, 3.63) is 40.1 Å². The molecule has 1 unspecified atom stereocenters. The third-order valence-electron chi connectivity index (χ3n) is 3.49. The zero-order valence-corrected chi connectivity index (χ0v) is 16.5. The smallest absolute Gasteiger partial charge is 0.306 e. The van der Waals surface area contributed by atoms with Gasteiger partial charge in [0.2, 0.25) is 0 Å². The van der Waals surface area contributed by atoms with Gasteiger partial charge in [-0.15, -0.1) is 0 Å². The van der Waals surface area contributed by atoms with Gasteiger partial charge in [0, 0.05) is 17.5 Å². The molecule has 2 rings (SSSR count). The van der Waals surface area contributed by atoms with Crippen LogP contribution in [0.5, 0.6) is 5.75 Å². The van der Waals surface area contributed by atoms with E-state index in [9.17, 15) is 9.59 Å². The van der Waals surface area contributed by atoms with E-state index in [1.807, 2.05) is 0 Å². The average Bonchev–Trinajstić information content (AvgIpc) is 3.02. The first kappa shape index (κ1) is 21.1. The fourth-order valence-corrected chi connectivity index (χ4v) is 2.63. The summed E-state index contributed by atoms with van der Waals surface area (Å²) >= 11 is 11.8. The number of benzene rings is 1. The minimum absolute atomic E-state index is 0.109. The number of carbonyl (C=O) groups excluding carboxylic acids is 2. The number of ether oxygens (including phenoxy) is 2. The summed E-state index contributed by atoms with van der Waals surface area (Å²) in [7, 11) is 0. The van der Waals surface area contributed by atoms with Crippen LogP contribution in [0.15, 0.2) is 28.8 Å². The summed E-state index contributed by atoms with van der Waals surface area (Å²) in [6, 6.07) is 6.48. The molecule has 0 aliphatic rings. The Bertz CT molecular complexity index is 794. The number of carbonyl (C=O) groups is 2. The monoisotopic (exact) mass is 414 g/mol. The van der Waals surface area contributed by atoms with E-state index in [-0.39, 0.29) is 18.8 Å². The number of aromatic nitrogens is 1. The molecule has 0 saturated heterocycles. The van der Waals surface area contributed by atoms with Crippen LogP contribution in [0.2, 0.25) is 10.0 Å². The number of anilines is 1. The third kappa shape index (κ3) is 6.77. The Morgan fingerprint density at radius 1 is 1.30 bits per heavy atom. The van der Waals surface area contributed by atoms with E-state index >= 15 is 0 Å². The molecular formula is C18H20Cl2N2O5. The van der Waals surface area contributed by atoms with Crippen LogP contribution in [0.4, 0.5) is 5.82 Å². The molecule has 1 N–H and O–H groups in total. The van der Waals surface area contributed by atoms with Gasteiger partial charge in [-0.3, -0.25) is 9.59 Å². The molecule has 0 bridgehead atoms. The normalized spacial score (nSPS) is 11.7. The number of amides is 1. The number of hydrogen-bond acceptors (Lipinski definition) is 6. The lowest BCUT2D eigenvalue weighted by Gasteiger charge is -2.15. The first-order chi connectivity index (χ1) is 12.9. The molecule has 1 aromatic heterocycles. The molecule has 0 saturated carbocycles. The summed E-state index contributed by atoms with van der Waals surface area (Å²) in [6.07, 6.45) is -0.0390. The van der Waals surface area contributed by atoms with Gasteiger partial charge in [-0.25, -0.2) is 0 Å². The molecule has 1 atom stereocenters. The second-order valence-electron chi connectivity index (χ2n) is 5.73. The van der Waals surface area contributed by atoms with Crippen LogP contribution in [0.3, 0.4) is 0 Å². The van der Waals surface area contributed by atoms with Crippen molar-refractivity contribution in [2.45, 2.75) is 39.2 Å². The molecule has 9 heteroatoms. The lowest BCUT2D eigenvalue weighted by Crippen LogP contribution is -2.32. The number of halogens is 2. The molecule has 0 radical (unpaired) electrons. The maximum atomic E-state index is 12.1. The van der Waals surface area contributed by atoms with Crippen molar-refractivity contribution < 1.29 is 23.6 Å². The Morgan fingerprint density at radius 3 is 2.70 bits per heavy atom. The molecule has 1 amide bonds. The number of rotatable bonds is 9. The highest BCUT2D eigenvalue weighted by atomic mass is 35.5. The van der Waals surface area contributed by atoms with E-state index in [0.29, 0.717) is 34.4 Å².